The third-order valence-corrected chi connectivity index (χ3v) is 5.93. The molecule has 0 radical (unpaired) electrons. The Bertz CT molecular complexity index is 1340. The van der Waals surface area contributed by atoms with E-state index in [1.54, 1.807) is 0 Å². The average molecular weight is 425 g/mol. The monoisotopic (exact) mass is 424 g/mol. The predicted molar refractivity (Wildman–Crippen MR) is 127 cm³/mol. The van der Waals surface area contributed by atoms with Gasteiger partial charge in [-0.1, -0.05) is 54.6 Å². The number of carbonyl (C=O) groups excluding carboxylic acids is 1. The first-order valence-corrected chi connectivity index (χ1v) is 10.9. The summed E-state index contributed by atoms with van der Waals surface area (Å²) in [6.07, 6.45) is 3.06. The van der Waals surface area contributed by atoms with Gasteiger partial charge in [0.1, 0.15) is 5.69 Å². The third-order valence-electron chi connectivity index (χ3n) is 5.93. The van der Waals surface area contributed by atoms with Gasteiger partial charge in [0.2, 0.25) is 5.91 Å². The first-order valence-electron chi connectivity index (χ1n) is 10.9. The standard InChI is InChI=1S/C26H24N4O2/c31-24(28-21-15-7-9-17-8-1-2-10-18(17)21)16-27-20-12-4-3-11-19(20)25-26(32)30-23-14-6-5-13-22(23)29-25/h1-6,8,10-14,21,27H,7,9,15-16H2,(H,28,31)(H,30,32). The van der Waals surface area contributed by atoms with Crippen molar-refractivity contribution in [3.63, 3.8) is 0 Å². The molecule has 0 spiro atoms. The molecule has 0 fully saturated rings. The van der Waals surface area contributed by atoms with Crippen molar-refractivity contribution in [2.45, 2.75) is 25.3 Å². The number of rotatable bonds is 5. The number of amides is 1. The molecule has 5 rings (SSSR count). The van der Waals surface area contributed by atoms with Crippen LogP contribution in [-0.2, 0) is 11.2 Å². The van der Waals surface area contributed by atoms with E-state index in [-0.39, 0.29) is 24.1 Å². The zero-order chi connectivity index (χ0) is 21.9. The number of H-pyrrole nitrogens is 1. The minimum atomic E-state index is -0.263. The van der Waals surface area contributed by atoms with Crippen molar-refractivity contribution in [2.24, 2.45) is 0 Å². The lowest BCUT2D eigenvalue weighted by Gasteiger charge is -2.26. The maximum atomic E-state index is 12.7. The summed E-state index contributed by atoms with van der Waals surface area (Å²) in [6, 6.07) is 23.2. The van der Waals surface area contributed by atoms with Crippen LogP contribution in [-0.4, -0.2) is 22.4 Å². The van der Waals surface area contributed by atoms with Gasteiger partial charge in [-0.2, -0.15) is 0 Å². The van der Waals surface area contributed by atoms with E-state index < -0.39 is 0 Å². The number of fused-ring (bicyclic) bond motifs is 2. The molecule has 1 aromatic heterocycles. The lowest BCUT2D eigenvalue weighted by atomic mass is 9.88. The molecule has 4 aromatic rings. The number of benzene rings is 3. The molecule has 0 saturated heterocycles. The Morgan fingerprint density at radius 2 is 1.78 bits per heavy atom. The fourth-order valence-electron chi connectivity index (χ4n) is 4.38. The molecule has 0 bridgehead atoms. The first-order chi connectivity index (χ1) is 15.7. The molecule has 1 unspecified atom stereocenters. The number of carbonyl (C=O) groups is 1. The summed E-state index contributed by atoms with van der Waals surface area (Å²) in [7, 11) is 0. The van der Waals surface area contributed by atoms with Gasteiger partial charge < -0.3 is 15.6 Å². The molecule has 1 amide bonds. The van der Waals surface area contributed by atoms with E-state index in [1.165, 1.54) is 11.1 Å². The average Bonchev–Trinajstić information content (AvgIpc) is 2.83. The summed E-state index contributed by atoms with van der Waals surface area (Å²) >= 11 is 0. The highest BCUT2D eigenvalue weighted by Gasteiger charge is 2.21. The number of aromatic nitrogens is 2. The van der Waals surface area contributed by atoms with Crippen LogP contribution in [0.1, 0.15) is 30.0 Å². The van der Waals surface area contributed by atoms with Gasteiger partial charge >= 0.3 is 0 Å². The summed E-state index contributed by atoms with van der Waals surface area (Å²) in [6.45, 7) is 0.112. The molecule has 0 saturated carbocycles. The second-order valence-electron chi connectivity index (χ2n) is 8.04. The Hall–Kier alpha value is -3.93. The Balaban J connectivity index is 1.34. The number of aryl methyl sites for hydroxylation is 1. The fourth-order valence-corrected chi connectivity index (χ4v) is 4.38. The second-order valence-corrected chi connectivity index (χ2v) is 8.04. The summed E-state index contributed by atoms with van der Waals surface area (Å²) in [5.41, 5.74) is 5.35. The lowest BCUT2D eigenvalue weighted by molar-refractivity contribution is -0.120. The zero-order valence-corrected chi connectivity index (χ0v) is 17.6. The van der Waals surface area contributed by atoms with E-state index in [0.717, 1.165) is 19.3 Å². The molecule has 32 heavy (non-hydrogen) atoms. The molecule has 1 aliphatic rings. The molecular formula is C26H24N4O2. The van der Waals surface area contributed by atoms with Gasteiger partial charge in [-0.05, 0) is 48.6 Å². The van der Waals surface area contributed by atoms with Gasteiger partial charge in [0.05, 0.1) is 23.6 Å². The fraction of sp³-hybridized carbons (Fsp3) is 0.192. The molecule has 3 aromatic carbocycles. The Kier molecular flexibility index (Phi) is 5.42. The van der Waals surface area contributed by atoms with Crippen molar-refractivity contribution < 1.29 is 4.79 Å². The maximum absolute atomic E-state index is 12.7. The summed E-state index contributed by atoms with van der Waals surface area (Å²) < 4.78 is 0. The van der Waals surface area contributed by atoms with Crippen LogP contribution in [0.5, 0.6) is 0 Å². The number of nitrogens with zero attached hydrogens (tertiary/aromatic N) is 1. The lowest BCUT2D eigenvalue weighted by Crippen LogP contribution is -2.35. The highest BCUT2D eigenvalue weighted by Crippen LogP contribution is 2.29. The molecule has 6 heteroatoms. The number of para-hydroxylation sites is 3. The molecule has 1 aliphatic carbocycles. The maximum Gasteiger partial charge on any atom is 0.275 e. The molecule has 3 N–H and O–H groups in total. The van der Waals surface area contributed by atoms with E-state index in [2.05, 4.69) is 32.7 Å². The van der Waals surface area contributed by atoms with E-state index in [9.17, 15) is 9.59 Å². The topological polar surface area (TPSA) is 86.9 Å². The minimum absolute atomic E-state index is 0.0366. The van der Waals surface area contributed by atoms with Crippen LogP contribution in [0.3, 0.4) is 0 Å². The third kappa shape index (κ3) is 3.99. The number of hydrogen-bond donors (Lipinski definition) is 3. The van der Waals surface area contributed by atoms with Gasteiger partial charge in [-0.3, -0.25) is 9.59 Å². The smallest absolute Gasteiger partial charge is 0.275 e. The van der Waals surface area contributed by atoms with E-state index in [0.29, 0.717) is 28.0 Å². The summed E-state index contributed by atoms with van der Waals surface area (Å²) in [5.74, 6) is -0.0816. The Morgan fingerprint density at radius 1 is 1.00 bits per heavy atom. The first kappa shape index (κ1) is 20.0. The van der Waals surface area contributed by atoms with Gasteiger partial charge in [-0.25, -0.2) is 4.98 Å². The van der Waals surface area contributed by atoms with Crippen molar-refractivity contribution in [3.8, 4) is 11.3 Å². The van der Waals surface area contributed by atoms with Crippen LogP contribution < -0.4 is 16.2 Å². The Morgan fingerprint density at radius 3 is 2.72 bits per heavy atom. The largest absolute Gasteiger partial charge is 0.376 e. The van der Waals surface area contributed by atoms with E-state index in [4.69, 9.17) is 0 Å². The van der Waals surface area contributed by atoms with Crippen molar-refractivity contribution >= 4 is 22.6 Å². The van der Waals surface area contributed by atoms with Crippen LogP contribution in [0.25, 0.3) is 22.3 Å². The van der Waals surface area contributed by atoms with Gasteiger partial charge in [0.15, 0.2) is 0 Å². The summed E-state index contributed by atoms with van der Waals surface area (Å²) in [4.78, 5) is 32.9. The van der Waals surface area contributed by atoms with Crippen molar-refractivity contribution in [1.82, 2.24) is 15.3 Å². The van der Waals surface area contributed by atoms with Crippen LogP contribution in [0.4, 0.5) is 5.69 Å². The molecular weight excluding hydrogens is 400 g/mol. The molecule has 1 heterocycles. The minimum Gasteiger partial charge on any atom is -0.376 e. The molecule has 160 valence electrons. The zero-order valence-electron chi connectivity index (χ0n) is 17.6. The van der Waals surface area contributed by atoms with Crippen LogP contribution in [0.2, 0.25) is 0 Å². The highest BCUT2D eigenvalue weighted by atomic mass is 16.2. The number of anilines is 1. The van der Waals surface area contributed by atoms with Gasteiger partial charge in [0.25, 0.3) is 5.56 Å². The van der Waals surface area contributed by atoms with Gasteiger partial charge in [-0.15, -0.1) is 0 Å². The second kappa shape index (κ2) is 8.67. The number of hydrogen-bond acceptors (Lipinski definition) is 4. The van der Waals surface area contributed by atoms with Crippen LogP contribution in [0.15, 0.2) is 77.6 Å². The van der Waals surface area contributed by atoms with Crippen LogP contribution in [0, 0.1) is 0 Å². The van der Waals surface area contributed by atoms with E-state index >= 15 is 0 Å². The Labute approximate surface area is 185 Å². The highest BCUT2D eigenvalue weighted by molar-refractivity contribution is 5.85. The molecule has 0 aliphatic heterocycles. The quantitative estimate of drug-likeness (QED) is 0.448. The van der Waals surface area contributed by atoms with Crippen LogP contribution >= 0.6 is 0 Å². The van der Waals surface area contributed by atoms with Crippen molar-refractivity contribution in [1.29, 1.82) is 0 Å². The predicted octanol–water partition coefficient (Wildman–Crippen LogP) is 4.20. The SMILES string of the molecule is O=C(CNc1ccccc1-c1nc2ccccc2[nH]c1=O)NC1CCCc2ccccc21. The molecule has 1 atom stereocenters. The summed E-state index contributed by atoms with van der Waals surface area (Å²) in [5, 5.41) is 6.35. The normalized spacial score (nSPS) is 15.2. The van der Waals surface area contributed by atoms with E-state index in [1.807, 2.05) is 60.7 Å². The number of aromatic amines is 1. The number of nitrogens with one attached hydrogen (secondary N) is 3. The van der Waals surface area contributed by atoms with Crippen molar-refractivity contribution in [2.75, 3.05) is 11.9 Å². The van der Waals surface area contributed by atoms with Gasteiger partial charge in [0, 0.05) is 11.3 Å². The molecule has 6 nitrogen and oxygen atoms in total. The van der Waals surface area contributed by atoms with Crippen molar-refractivity contribution in [3.05, 3.63) is 94.3 Å².